The van der Waals surface area contributed by atoms with Gasteiger partial charge in [-0.25, -0.2) is 14.0 Å². The van der Waals surface area contributed by atoms with E-state index in [1.54, 1.807) is 0 Å². The number of fused-ring (bicyclic) bond motifs is 1. The maximum Gasteiger partial charge on any atom is 0.340 e. The molecule has 0 aliphatic rings. The Kier molecular flexibility index (Phi) is 2.26. The molecule has 0 amide bonds. The van der Waals surface area contributed by atoms with Gasteiger partial charge in [0, 0.05) is 13.1 Å². The zero-order valence-corrected chi connectivity index (χ0v) is 8.70. The number of hydrogen-bond donors (Lipinski definition) is 1. The highest BCUT2D eigenvalue weighted by atomic mass is 19.1. The van der Waals surface area contributed by atoms with Crippen molar-refractivity contribution in [2.75, 3.05) is 7.11 Å². The smallest absolute Gasteiger partial charge is 0.340 e. The molecule has 0 unspecified atom stereocenters. The Bertz CT molecular complexity index is 627. The molecule has 2 rings (SSSR count). The molecule has 0 radical (unpaired) electrons. The highest BCUT2D eigenvalue weighted by molar-refractivity contribution is 5.93. The highest BCUT2D eigenvalue weighted by Crippen LogP contribution is 2.16. The Labute approximate surface area is 89.4 Å². The second-order valence-electron chi connectivity index (χ2n) is 3.33. The number of carbonyl (C=O) groups is 1. The van der Waals surface area contributed by atoms with E-state index in [-0.39, 0.29) is 11.3 Å². The molecule has 16 heavy (non-hydrogen) atoms. The number of ether oxygens (including phenoxy) is 1. The highest BCUT2D eigenvalue weighted by Gasteiger charge is 2.15. The van der Waals surface area contributed by atoms with Gasteiger partial charge in [-0.3, -0.25) is 4.57 Å². The molecule has 1 N–H and O–H groups in total. The number of methoxy groups -OCH3 is 1. The van der Waals surface area contributed by atoms with Crippen LogP contribution in [0.1, 0.15) is 10.4 Å². The molecule has 84 valence electrons. The van der Waals surface area contributed by atoms with E-state index >= 15 is 0 Å². The largest absolute Gasteiger partial charge is 0.465 e. The Morgan fingerprint density at radius 3 is 2.81 bits per heavy atom. The predicted molar refractivity (Wildman–Crippen MR) is 54.8 cm³/mol. The number of halogens is 1. The number of aromatic amines is 1. The molecule has 0 aliphatic heterocycles. The normalized spacial score (nSPS) is 10.7. The van der Waals surface area contributed by atoms with Gasteiger partial charge in [-0.05, 0) is 6.07 Å². The van der Waals surface area contributed by atoms with E-state index in [4.69, 9.17) is 0 Å². The van der Waals surface area contributed by atoms with Crippen LogP contribution in [-0.4, -0.2) is 22.6 Å². The summed E-state index contributed by atoms with van der Waals surface area (Å²) < 4.78 is 19.2. The summed E-state index contributed by atoms with van der Waals surface area (Å²) in [5, 5.41) is 0. The minimum atomic E-state index is -0.774. The van der Waals surface area contributed by atoms with Crippen LogP contribution in [-0.2, 0) is 11.8 Å². The maximum absolute atomic E-state index is 13.5. The van der Waals surface area contributed by atoms with Gasteiger partial charge in [-0.15, -0.1) is 0 Å². The van der Waals surface area contributed by atoms with Crippen LogP contribution in [0, 0.1) is 5.82 Å². The number of aromatic nitrogens is 2. The van der Waals surface area contributed by atoms with Crippen LogP contribution in [0.2, 0.25) is 0 Å². The molecule has 0 aliphatic carbocycles. The first kappa shape index (κ1) is 10.4. The summed E-state index contributed by atoms with van der Waals surface area (Å²) in [4.78, 5) is 25.0. The van der Waals surface area contributed by atoms with Crippen molar-refractivity contribution in [2.45, 2.75) is 0 Å². The lowest BCUT2D eigenvalue weighted by molar-refractivity contribution is 0.0595. The zero-order chi connectivity index (χ0) is 11.9. The van der Waals surface area contributed by atoms with Crippen LogP contribution in [0.25, 0.3) is 11.0 Å². The van der Waals surface area contributed by atoms with E-state index in [0.29, 0.717) is 11.0 Å². The number of benzene rings is 1. The molecule has 2 aromatic rings. The summed E-state index contributed by atoms with van der Waals surface area (Å²) >= 11 is 0. The fourth-order valence-corrected chi connectivity index (χ4v) is 1.52. The zero-order valence-electron chi connectivity index (χ0n) is 8.70. The quantitative estimate of drug-likeness (QED) is 0.728. The second kappa shape index (κ2) is 3.48. The first-order valence-electron chi connectivity index (χ1n) is 4.51. The van der Waals surface area contributed by atoms with E-state index in [0.717, 1.165) is 6.07 Å². The molecule has 0 bridgehead atoms. The lowest BCUT2D eigenvalue weighted by atomic mass is 10.2. The van der Waals surface area contributed by atoms with Crippen LogP contribution in [0.3, 0.4) is 0 Å². The number of esters is 1. The van der Waals surface area contributed by atoms with Gasteiger partial charge in [0.25, 0.3) is 0 Å². The Morgan fingerprint density at radius 2 is 2.19 bits per heavy atom. The third-order valence-corrected chi connectivity index (χ3v) is 2.40. The SMILES string of the molecule is COC(=O)c1cc2[nH]c(=O)n(C)c2cc1F. The van der Waals surface area contributed by atoms with Gasteiger partial charge in [0.05, 0.1) is 23.7 Å². The van der Waals surface area contributed by atoms with Crippen molar-refractivity contribution in [2.24, 2.45) is 7.05 Å². The van der Waals surface area contributed by atoms with E-state index < -0.39 is 11.8 Å². The molecule has 0 saturated carbocycles. The molecule has 5 nitrogen and oxygen atoms in total. The Hall–Kier alpha value is -2.11. The molecule has 1 aromatic heterocycles. The first-order chi connectivity index (χ1) is 7.54. The van der Waals surface area contributed by atoms with Crippen LogP contribution in [0.4, 0.5) is 4.39 Å². The molecule has 0 fully saturated rings. The number of carbonyl (C=O) groups excluding carboxylic acids is 1. The summed E-state index contributed by atoms with van der Waals surface area (Å²) in [6.45, 7) is 0. The average molecular weight is 224 g/mol. The monoisotopic (exact) mass is 224 g/mol. The number of imidazole rings is 1. The van der Waals surface area contributed by atoms with Crippen molar-refractivity contribution in [3.8, 4) is 0 Å². The van der Waals surface area contributed by atoms with Crippen molar-refractivity contribution in [3.05, 3.63) is 34.0 Å². The number of nitrogens with zero attached hydrogens (tertiary/aromatic N) is 1. The molecule has 0 saturated heterocycles. The molecule has 1 heterocycles. The molecular formula is C10H9FN2O3. The minimum absolute atomic E-state index is 0.197. The molecule has 6 heteroatoms. The van der Waals surface area contributed by atoms with Gasteiger partial charge in [-0.1, -0.05) is 0 Å². The van der Waals surface area contributed by atoms with Crippen LogP contribution >= 0.6 is 0 Å². The number of hydrogen-bond acceptors (Lipinski definition) is 3. The number of H-pyrrole nitrogens is 1. The standard InChI is InChI=1S/C10H9FN2O3/c1-13-8-4-6(11)5(9(14)16-2)3-7(8)12-10(13)15/h3-4H,1-2H3,(H,12,15). The first-order valence-corrected chi connectivity index (χ1v) is 4.51. The predicted octanol–water partition coefficient (Wildman–Crippen LogP) is 0.792. The summed E-state index contributed by atoms with van der Waals surface area (Å²) in [6.07, 6.45) is 0. The molecular weight excluding hydrogens is 215 g/mol. The Morgan fingerprint density at radius 1 is 1.50 bits per heavy atom. The number of rotatable bonds is 1. The van der Waals surface area contributed by atoms with Crippen molar-refractivity contribution >= 4 is 17.0 Å². The van der Waals surface area contributed by atoms with Gasteiger partial charge in [0.15, 0.2) is 0 Å². The Balaban J connectivity index is 2.77. The molecule has 0 spiro atoms. The summed E-state index contributed by atoms with van der Waals surface area (Å²) in [5.74, 6) is -1.49. The second-order valence-corrected chi connectivity index (χ2v) is 3.33. The maximum atomic E-state index is 13.5. The third kappa shape index (κ3) is 1.39. The van der Waals surface area contributed by atoms with Gasteiger partial charge >= 0.3 is 11.7 Å². The number of nitrogens with one attached hydrogen (secondary N) is 1. The summed E-state index contributed by atoms with van der Waals surface area (Å²) in [5.41, 5.74) is 0.234. The van der Waals surface area contributed by atoms with Gasteiger partial charge < -0.3 is 9.72 Å². The van der Waals surface area contributed by atoms with Crippen LogP contribution < -0.4 is 5.69 Å². The third-order valence-electron chi connectivity index (χ3n) is 2.40. The fraction of sp³-hybridized carbons (Fsp3) is 0.200. The lowest BCUT2D eigenvalue weighted by Crippen LogP contribution is -2.11. The van der Waals surface area contributed by atoms with E-state index in [1.807, 2.05) is 0 Å². The van der Waals surface area contributed by atoms with Gasteiger partial charge in [0.2, 0.25) is 0 Å². The molecule has 0 atom stereocenters. The van der Waals surface area contributed by atoms with Crippen molar-refractivity contribution in [1.29, 1.82) is 0 Å². The van der Waals surface area contributed by atoms with E-state index in [9.17, 15) is 14.0 Å². The van der Waals surface area contributed by atoms with Crippen molar-refractivity contribution < 1.29 is 13.9 Å². The van der Waals surface area contributed by atoms with Crippen LogP contribution in [0.15, 0.2) is 16.9 Å². The summed E-state index contributed by atoms with van der Waals surface area (Å²) in [7, 11) is 2.68. The fourth-order valence-electron chi connectivity index (χ4n) is 1.52. The van der Waals surface area contributed by atoms with Gasteiger partial charge in [-0.2, -0.15) is 0 Å². The van der Waals surface area contributed by atoms with Crippen molar-refractivity contribution in [1.82, 2.24) is 9.55 Å². The van der Waals surface area contributed by atoms with Gasteiger partial charge in [0.1, 0.15) is 5.82 Å². The lowest BCUT2D eigenvalue weighted by Gasteiger charge is -2.01. The number of aryl methyl sites for hydroxylation is 1. The van der Waals surface area contributed by atoms with Crippen LogP contribution in [0.5, 0.6) is 0 Å². The summed E-state index contributed by atoms with van der Waals surface area (Å²) in [6, 6.07) is 2.39. The van der Waals surface area contributed by atoms with E-state index in [2.05, 4.69) is 9.72 Å². The van der Waals surface area contributed by atoms with E-state index in [1.165, 1.54) is 24.8 Å². The topological polar surface area (TPSA) is 64.1 Å². The molecule has 1 aromatic carbocycles. The van der Waals surface area contributed by atoms with Crippen molar-refractivity contribution in [3.63, 3.8) is 0 Å². The average Bonchev–Trinajstić information content (AvgIpc) is 2.53. The minimum Gasteiger partial charge on any atom is -0.465 e.